The summed E-state index contributed by atoms with van der Waals surface area (Å²) in [5.41, 5.74) is 1.28. The van der Waals surface area contributed by atoms with Gasteiger partial charge in [0.25, 0.3) is 0 Å². The van der Waals surface area contributed by atoms with Gasteiger partial charge in [0.1, 0.15) is 0 Å². The summed E-state index contributed by atoms with van der Waals surface area (Å²) in [6, 6.07) is 0.224. The van der Waals surface area contributed by atoms with Crippen LogP contribution in [-0.4, -0.2) is 40.7 Å². The maximum Gasteiger partial charge on any atom is 0.429 e. The van der Waals surface area contributed by atoms with Crippen molar-refractivity contribution in [3.05, 3.63) is 11.6 Å². The highest BCUT2D eigenvalue weighted by Crippen LogP contribution is 2.49. The Morgan fingerprint density at radius 2 is 2.38 bits per heavy atom. The second kappa shape index (κ2) is 2.99. The number of hydrogen-bond acceptors (Lipinski definition) is 3. The minimum absolute atomic E-state index is 0.0219. The van der Waals surface area contributed by atoms with E-state index in [-0.39, 0.29) is 18.0 Å². The van der Waals surface area contributed by atoms with E-state index in [1.54, 1.807) is 11.9 Å². The molecule has 2 aliphatic heterocycles. The molecule has 2 fully saturated rings. The van der Waals surface area contributed by atoms with Crippen molar-refractivity contribution < 1.29 is 14.3 Å². The van der Waals surface area contributed by atoms with Crippen LogP contribution in [0.3, 0.4) is 0 Å². The molecular formula is C11H14N2O3. The Morgan fingerprint density at radius 3 is 2.94 bits per heavy atom. The molecule has 5 heteroatoms. The standard InChI is InChI=1S/C11H14N2O3/c1-3-16-11(15)13-7-4-6(2)10(7)8-5-9(14)12(8)13/h4,7-8,10H,3,5H2,1-2H3/t7-,8-,10-/m1/s1. The molecule has 0 bridgehead atoms. The van der Waals surface area contributed by atoms with E-state index in [1.807, 2.05) is 6.08 Å². The predicted octanol–water partition coefficient (Wildman–Crippen LogP) is 0.919. The topological polar surface area (TPSA) is 49.9 Å². The summed E-state index contributed by atoms with van der Waals surface area (Å²) >= 11 is 0. The Hall–Kier alpha value is -1.52. The van der Waals surface area contributed by atoms with Crippen LogP contribution in [0.4, 0.5) is 4.79 Å². The first-order valence-corrected chi connectivity index (χ1v) is 5.61. The van der Waals surface area contributed by atoms with Crippen LogP contribution in [0.2, 0.25) is 0 Å². The monoisotopic (exact) mass is 222 g/mol. The van der Waals surface area contributed by atoms with E-state index in [0.29, 0.717) is 18.9 Å². The third kappa shape index (κ3) is 0.956. The summed E-state index contributed by atoms with van der Waals surface area (Å²) in [6.45, 7) is 4.15. The van der Waals surface area contributed by atoms with Crippen molar-refractivity contribution in [2.45, 2.75) is 32.4 Å². The molecule has 16 heavy (non-hydrogen) atoms. The maximum atomic E-state index is 11.8. The van der Waals surface area contributed by atoms with Crippen LogP contribution in [0, 0.1) is 5.92 Å². The number of carbonyl (C=O) groups excluding carboxylic acids is 2. The largest absolute Gasteiger partial charge is 0.448 e. The zero-order chi connectivity index (χ0) is 11.4. The quantitative estimate of drug-likeness (QED) is 0.489. The van der Waals surface area contributed by atoms with Gasteiger partial charge in [-0.25, -0.2) is 14.8 Å². The van der Waals surface area contributed by atoms with Crippen molar-refractivity contribution in [1.82, 2.24) is 10.0 Å². The lowest BCUT2D eigenvalue weighted by atomic mass is 9.75. The predicted molar refractivity (Wildman–Crippen MR) is 55.1 cm³/mol. The van der Waals surface area contributed by atoms with E-state index in [9.17, 15) is 9.59 Å². The van der Waals surface area contributed by atoms with Crippen molar-refractivity contribution in [3.8, 4) is 0 Å². The molecular weight excluding hydrogens is 208 g/mol. The van der Waals surface area contributed by atoms with Gasteiger partial charge in [0.05, 0.1) is 25.1 Å². The van der Waals surface area contributed by atoms with Crippen molar-refractivity contribution in [2.24, 2.45) is 5.92 Å². The van der Waals surface area contributed by atoms with Gasteiger partial charge in [-0.2, -0.15) is 0 Å². The first-order valence-electron chi connectivity index (χ1n) is 5.61. The summed E-state index contributed by atoms with van der Waals surface area (Å²) in [5.74, 6) is 0.357. The van der Waals surface area contributed by atoms with Gasteiger partial charge in [0.15, 0.2) is 0 Å². The average molecular weight is 222 g/mol. The van der Waals surface area contributed by atoms with E-state index in [1.165, 1.54) is 10.6 Å². The Balaban J connectivity index is 1.87. The Morgan fingerprint density at radius 1 is 1.62 bits per heavy atom. The van der Waals surface area contributed by atoms with Crippen molar-refractivity contribution in [2.75, 3.05) is 6.61 Å². The Labute approximate surface area is 93.6 Å². The highest BCUT2D eigenvalue weighted by molar-refractivity contribution is 5.87. The van der Waals surface area contributed by atoms with Crippen molar-refractivity contribution in [3.63, 3.8) is 0 Å². The minimum atomic E-state index is -0.406. The number of hydrazine groups is 1. The number of nitrogens with zero attached hydrogens (tertiary/aromatic N) is 2. The Kier molecular flexibility index (Phi) is 1.81. The van der Waals surface area contributed by atoms with Gasteiger partial charge in [-0.05, 0) is 13.8 Å². The fourth-order valence-electron chi connectivity index (χ4n) is 2.92. The Bertz CT molecular complexity index is 404. The van der Waals surface area contributed by atoms with E-state index < -0.39 is 6.09 Å². The maximum absolute atomic E-state index is 11.8. The molecule has 3 aliphatic rings. The van der Waals surface area contributed by atoms with Crippen LogP contribution < -0.4 is 0 Å². The normalized spacial score (nSPS) is 34.8. The molecule has 0 unspecified atom stereocenters. The fraction of sp³-hybridized carbons (Fsp3) is 0.636. The molecule has 3 rings (SSSR count). The number of β-lactam (4-membered cyclic amide) rings is 1. The van der Waals surface area contributed by atoms with Crippen LogP contribution in [0.15, 0.2) is 11.6 Å². The van der Waals surface area contributed by atoms with Crippen LogP contribution in [0.25, 0.3) is 0 Å². The molecule has 0 N–H and O–H groups in total. The average Bonchev–Trinajstić information content (AvgIpc) is 2.42. The summed E-state index contributed by atoms with van der Waals surface area (Å²) < 4.78 is 4.98. The van der Waals surface area contributed by atoms with E-state index in [4.69, 9.17) is 4.74 Å². The lowest BCUT2D eigenvalue weighted by molar-refractivity contribution is -0.161. The highest BCUT2D eigenvalue weighted by atomic mass is 16.6. The van der Waals surface area contributed by atoms with Gasteiger partial charge in [-0.15, -0.1) is 0 Å². The molecule has 3 atom stereocenters. The number of rotatable bonds is 1. The molecule has 2 heterocycles. The molecule has 0 aromatic carbocycles. The smallest absolute Gasteiger partial charge is 0.429 e. The molecule has 86 valence electrons. The van der Waals surface area contributed by atoms with E-state index in [2.05, 4.69) is 6.92 Å². The number of carbonyl (C=O) groups is 2. The van der Waals surface area contributed by atoms with Gasteiger partial charge in [0.2, 0.25) is 5.91 Å². The van der Waals surface area contributed by atoms with E-state index >= 15 is 0 Å². The molecule has 0 aromatic heterocycles. The first-order chi connectivity index (χ1) is 7.65. The first kappa shape index (κ1) is 9.69. The molecule has 1 aliphatic carbocycles. The second-order valence-electron chi connectivity index (χ2n) is 4.48. The fourth-order valence-corrected chi connectivity index (χ4v) is 2.92. The lowest BCUT2D eigenvalue weighted by Gasteiger charge is -2.39. The van der Waals surface area contributed by atoms with Crippen LogP contribution in [-0.2, 0) is 9.53 Å². The zero-order valence-corrected chi connectivity index (χ0v) is 9.34. The van der Waals surface area contributed by atoms with Crippen LogP contribution in [0.1, 0.15) is 20.3 Å². The molecule has 2 saturated heterocycles. The molecule has 0 spiro atoms. The number of ether oxygens (including phenoxy) is 1. The lowest BCUT2D eigenvalue weighted by Crippen LogP contribution is -2.57. The van der Waals surface area contributed by atoms with E-state index in [0.717, 1.165) is 0 Å². The zero-order valence-electron chi connectivity index (χ0n) is 9.34. The van der Waals surface area contributed by atoms with Crippen LogP contribution in [0.5, 0.6) is 0 Å². The summed E-state index contributed by atoms with van der Waals surface area (Å²) in [7, 11) is 0. The number of fused-ring (bicyclic) bond motifs is 3. The van der Waals surface area contributed by atoms with Crippen molar-refractivity contribution >= 4 is 12.0 Å². The van der Waals surface area contributed by atoms with Gasteiger partial charge < -0.3 is 4.74 Å². The van der Waals surface area contributed by atoms with Gasteiger partial charge in [0, 0.05) is 5.92 Å². The molecule has 2 amide bonds. The summed E-state index contributed by atoms with van der Waals surface area (Å²) in [5, 5.41) is 3.05. The third-order valence-corrected chi connectivity index (χ3v) is 3.66. The SMILES string of the molecule is CCOC(=O)N1[C@@H]2C=C(C)[C@H]2[C@H]2CC(=O)N21. The van der Waals surface area contributed by atoms with Gasteiger partial charge >= 0.3 is 6.09 Å². The molecule has 0 radical (unpaired) electrons. The van der Waals surface area contributed by atoms with Gasteiger partial charge in [-0.3, -0.25) is 4.79 Å². The van der Waals surface area contributed by atoms with Crippen molar-refractivity contribution in [1.29, 1.82) is 0 Å². The molecule has 0 aromatic rings. The summed E-state index contributed by atoms with van der Waals surface area (Å²) in [4.78, 5) is 23.3. The number of amides is 2. The summed E-state index contributed by atoms with van der Waals surface area (Å²) in [6.07, 6.45) is 2.19. The second-order valence-corrected chi connectivity index (χ2v) is 4.48. The molecule has 5 nitrogen and oxygen atoms in total. The number of hydrogen-bond donors (Lipinski definition) is 0. The minimum Gasteiger partial charge on any atom is -0.448 e. The van der Waals surface area contributed by atoms with Gasteiger partial charge in [-0.1, -0.05) is 11.6 Å². The molecule has 0 saturated carbocycles. The van der Waals surface area contributed by atoms with Crippen LogP contribution >= 0.6 is 0 Å². The third-order valence-electron chi connectivity index (χ3n) is 3.66. The highest BCUT2D eigenvalue weighted by Gasteiger charge is 2.61.